The lowest BCUT2D eigenvalue weighted by Gasteiger charge is -2.03. The van der Waals surface area contributed by atoms with E-state index in [2.05, 4.69) is 32.6 Å². The maximum Gasteiger partial charge on any atom is 0.270 e. The van der Waals surface area contributed by atoms with Gasteiger partial charge in [-0.15, -0.1) is 5.10 Å². The third-order valence-electron chi connectivity index (χ3n) is 2.26. The average Bonchev–Trinajstić information content (AvgIpc) is 2.81. The number of hydrogen-bond donors (Lipinski definition) is 2. The number of carbonyl (C=O) groups excluding carboxylic acids is 1. The summed E-state index contributed by atoms with van der Waals surface area (Å²) in [5.41, 5.74) is 0.320. The molecule has 102 valence electrons. The number of aliphatic hydroxyl groups is 1. The Bertz CT molecular complexity index is 701. The van der Waals surface area contributed by atoms with Gasteiger partial charge in [0.15, 0.2) is 0 Å². The normalized spacial score (nSPS) is 9.75. The van der Waals surface area contributed by atoms with E-state index in [9.17, 15) is 9.18 Å². The fraction of sp³-hybridized carbons (Fsp3) is 0.167. The van der Waals surface area contributed by atoms with Gasteiger partial charge in [0.1, 0.15) is 12.4 Å². The summed E-state index contributed by atoms with van der Waals surface area (Å²) in [7, 11) is 1.55. The molecule has 0 fully saturated rings. The summed E-state index contributed by atoms with van der Waals surface area (Å²) in [6, 6.07) is 3.55. The summed E-state index contributed by atoms with van der Waals surface area (Å²) < 4.78 is 13.2. The molecule has 0 saturated heterocycles. The van der Waals surface area contributed by atoms with Crippen molar-refractivity contribution in [3.63, 3.8) is 0 Å². The van der Waals surface area contributed by atoms with Crippen LogP contribution in [0.15, 0.2) is 18.2 Å². The SMILES string of the molecule is Cn1nnc(NC(=O)c2ccc(F)cc2C#CCO)n1. The summed E-state index contributed by atoms with van der Waals surface area (Å²) >= 11 is 0. The molecule has 1 amide bonds. The van der Waals surface area contributed by atoms with Crippen molar-refractivity contribution in [3.05, 3.63) is 35.1 Å². The smallest absolute Gasteiger partial charge is 0.270 e. The van der Waals surface area contributed by atoms with Crippen LogP contribution in [0.5, 0.6) is 0 Å². The van der Waals surface area contributed by atoms with Crippen LogP contribution in [0.2, 0.25) is 0 Å². The number of amides is 1. The van der Waals surface area contributed by atoms with Gasteiger partial charge in [-0.3, -0.25) is 10.1 Å². The monoisotopic (exact) mass is 275 g/mol. The number of halogens is 1. The van der Waals surface area contributed by atoms with Crippen molar-refractivity contribution in [2.24, 2.45) is 7.05 Å². The summed E-state index contributed by atoms with van der Waals surface area (Å²) in [5, 5.41) is 22.1. The maximum absolute atomic E-state index is 13.2. The van der Waals surface area contributed by atoms with Crippen LogP contribution >= 0.6 is 0 Å². The second-order valence-corrected chi connectivity index (χ2v) is 3.71. The highest BCUT2D eigenvalue weighted by Gasteiger charge is 2.13. The zero-order chi connectivity index (χ0) is 14.5. The summed E-state index contributed by atoms with van der Waals surface area (Å²) in [5.74, 6) is 3.84. The first-order valence-corrected chi connectivity index (χ1v) is 5.55. The molecule has 8 heteroatoms. The number of aryl methyl sites for hydroxylation is 1. The standard InChI is InChI=1S/C12H10FN5O2/c1-18-16-12(15-17-18)14-11(20)10-5-4-9(13)7-8(10)3-2-6-19/h4-5,7,19H,6H2,1H3,(H,14,16,20). The van der Waals surface area contributed by atoms with Crippen molar-refractivity contribution in [2.75, 3.05) is 11.9 Å². The van der Waals surface area contributed by atoms with Crippen LogP contribution in [0.3, 0.4) is 0 Å². The summed E-state index contributed by atoms with van der Waals surface area (Å²) in [6.07, 6.45) is 0. The van der Waals surface area contributed by atoms with Crippen molar-refractivity contribution in [1.29, 1.82) is 0 Å². The van der Waals surface area contributed by atoms with E-state index in [0.29, 0.717) is 0 Å². The zero-order valence-corrected chi connectivity index (χ0v) is 10.5. The number of anilines is 1. The predicted molar refractivity (Wildman–Crippen MR) is 67.1 cm³/mol. The molecule has 0 aliphatic heterocycles. The number of aliphatic hydroxyl groups excluding tert-OH is 1. The van der Waals surface area contributed by atoms with E-state index in [0.717, 1.165) is 12.1 Å². The van der Waals surface area contributed by atoms with Gasteiger partial charge in [0, 0.05) is 5.56 Å². The second kappa shape index (κ2) is 5.90. The molecule has 7 nitrogen and oxygen atoms in total. The lowest BCUT2D eigenvalue weighted by molar-refractivity contribution is 0.102. The third-order valence-corrected chi connectivity index (χ3v) is 2.26. The number of benzene rings is 1. The molecule has 0 bridgehead atoms. The summed E-state index contributed by atoms with van der Waals surface area (Å²) in [6.45, 7) is -0.386. The molecule has 20 heavy (non-hydrogen) atoms. The number of hydrogen-bond acceptors (Lipinski definition) is 5. The fourth-order valence-electron chi connectivity index (χ4n) is 1.46. The van der Waals surface area contributed by atoms with Crippen LogP contribution in [-0.4, -0.2) is 37.8 Å². The molecule has 0 atom stereocenters. The Labute approximate surface area is 113 Å². The number of nitrogens with one attached hydrogen (secondary N) is 1. The lowest BCUT2D eigenvalue weighted by Crippen LogP contribution is -2.15. The van der Waals surface area contributed by atoms with E-state index in [-0.39, 0.29) is 23.7 Å². The molecule has 0 radical (unpaired) electrons. The molecule has 1 heterocycles. The molecule has 1 aromatic carbocycles. The van der Waals surface area contributed by atoms with E-state index in [1.54, 1.807) is 7.05 Å². The Hall–Kier alpha value is -2.79. The van der Waals surface area contributed by atoms with Crippen molar-refractivity contribution >= 4 is 11.9 Å². The number of rotatable bonds is 2. The minimum atomic E-state index is -0.541. The minimum Gasteiger partial charge on any atom is -0.384 e. The van der Waals surface area contributed by atoms with E-state index < -0.39 is 11.7 Å². The molecule has 0 aliphatic rings. The van der Waals surface area contributed by atoms with E-state index in [4.69, 9.17) is 5.11 Å². The van der Waals surface area contributed by atoms with Crippen LogP contribution in [0.25, 0.3) is 0 Å². The number of nitrogens with zero attached hydrogens (tertiary/aromatic N) is 4. The molecule has 0 aliphatic carbocycles. The Balaban J connectivity index is 2.29. The van der Waals surface area contributed by atoms with Crippen molar-refractivity contribution < 1.29 is 14.3 Å². The first kappa shape index (κ1) is 13.6. The Morgan fingerprint density at radius 2 is 2.35 bits per heavy atom. The molecule has 2 N–H and O–H groups in total. The second-order valence-electron chi connectivity index (χ2n) is 3.71. The average molecular weight is 275 g/mol. The van der Waals surface area contributed by atoms with Gasteiger partial charge in [0.05, 0.1) is 12.6 Å². The molecule has 0 unspecified atom stereocenters. The van der Waals surface area contributed by atoms with Crippen molar-refractivity contribution in [2.45, 2.75) is 0 Å². The van der Waals surface area contributed by atoms with Crippen molar-refractivity contribution in [3.8, 4) is 11.8 Å². The first-order chi connectivity index (χ1) is 9.60. The number of aromatic nitrogens is 4. The third kappa shape index (κ3) is 3.15. The largest absolute Gasteiger partial charge is 0.384 e. The van der Waals surface area contributed by atoms with Gasteiger partial charge >= 0.3 is 0 Å². The van der Waals surface area contributed by atoms with Gasteiger partial charge in [-0.25, -0.2) is 4.39 Å². The topological polar surface area (TPSA) is 92.9 Å². The van der Waals surface area contributed by atoms with Gasteiger partial charge < -0.3 is 5.11 Å². The Morgan fingerprint density at radius 1 is 1.55 bits per heavy atom. The predicted octanol–water partition coefficient (Wildman–Crippen LogP) is -0.0547. The highest BCUT2D eigenvalue weighted by Crippen LogP contribution is 2.12. The van der Waals surface area contributed by atoms with E-state index >= 15 is 0 Å². The molecule has 0 spiro atoms. The quantitative estimate of drug-likeness (QED) is 0.749. The van der Waals surface area contributed by atoms with Gasteiger partial charge in [-0.05, 0) is 23.4 Å². The summed E-state index contributed by atoms with van der Waals surface area (Å²) in [4.78, 5) is 13.2. The van der Waals surface area contributed by atoms with Gasteiger partial charge in [0.25, 0.3) is 11.9 Å². The zero-order valence-electron chi connectivity index (χ0n) is 10.5. The van der Waals surface area contributed by atoms with Crippen LogP contribution in [0, 0.1) is 17.7 Å². The lowest BCUT2D eigenvalue weighted by atomic mass is 10.1. The molecular weight excluding hydrogens is 265 g/mol. The first-order valence-electron chi connectivity index (χ1n) is 5.55. The van der Waals surface area contributed by atoms with Gasteiger partial charge in [0.2, 0.25) is 0 Å². The van der Waals surface area contributed by atoms with Crippen LogP contribution in [-0.2, 0) is 7.05 Å². The van der Waals surface area contributed by atoms with Crippen LogP contribution < -0.4 is 5.32 Å². The highest BCUT2D eigenvalue weighted by atomic mass is 19.1. The fourth-order valence-corrected chi connectivity index (χ4v) is 1.46. The highest BCUT2D eigenvalue weighted by molar-refractivity contribution is 6.05. The number of carbonyl (C=O) groups is 1. The van der Waals surface area contributed by atoms with Gasteiger partial charge in [-0.1, -0.05) is 16.9 Å². The Morgan fingerprint density at radius 3 is 3.00 bits per heavy atom. The van der Waals surface area contributed by atoms with Crippen LogP contribution in [0.1, 0.15) is 15.9 Å². The van der Waals surface area contributed by atoms with Crippen molar-refractivity contribution in [1.82, 2.24) is 20.2 Å². The Kier molecular flexibility index (Phi) is 4.02. The maximum atomic E-state index is 13.2. The molecule has 2 rings (SSSR count). The molecule has 2 aromatic rings. The van der Waals surface area contributed by atoms with E-state index in [1.165, 1.54) is 10.9 Å². The van der Waals surface area contributed by atoms with E-state index in [1.807, 2.05) is 0 Å². The number of tetrazole rings is 1. The molecule has 0 saturated carbocycles. The minimum absolute atomic E-state index is 0.0305. The molecule has 1 aromatic heterocycles. The van der Waals surface area contributed by atoms with Gasteiger partial charge in [-0.2, -0.15) is 4.80 Å². The molecular formula is C12H10FN5O2. The van der Waals surface area contributed by atoms with Crippen LogP contribution in [0.4, 0.5) is 10.3 Å².